The number of ether oxygens (including phenoxy) is 1. The highest BCUT2D eigenvalue weighted by Gasteiger charge is 2.20. The number of amides is 1. The lowest BCUT2D eigenvalue weighted by Gasteiger charge is -2.30. The molecule has 1 amide bonds. The van der Waals surface area contributed by atoms with E-state index in [1.165, 1.54) is 17.5 Å². The number of hydrogen-bond donors (Lipinski definition) is 2. The maximum Gasteiger partial charge on any atom is 0.270 e. The highest BCUT2D eigenvalue weighted by Crippen LogP contribution is 2.20. The van der Waals surface area contributed by atoms with Gasteiger partial charge in [-0.1, -0.05) is 24.3 Å². The first kappa shape index (κ1) is 20.9. The topological polar surface area (TPSA) is 87.6 Å². The Bertz CT molecular complexity index is 854. The Morgan fingerprint density at radius 2 is 2.03 bits per heavy atom. The van der Waals surface area contributed by atoms with Crippen LogP contribution in [0.4, 0.5) is 0 Å². The van der Waals surface area contributed by atoms with Crippen molar-refractivity contribution in [2.75, 3.05) is 32.8 Å². The fourth-order valence-electron chi connectivity index (χ4n) is 4.25. The van der Waals surface area contributed by atoms with Crippen LogP contribution in [0.2, 0.25) is 0 Å². The number of aliphatic hydroxyl groups is 1. The van der Waals surface area contributed by atoms with Crippen LogP contribution in [0.25, 0.3) is 0 Å². The summed E-state index contributed by atoms with van der Waals surface area (Å²) in [6, 6.07) is 10.2. The maximum absolute atomic E-state index is 12.5. The molecular formula is C23H30N4O3. The normalized spacial score (nSPS) is 18.6. The Labute approximate surface area is 177 Å². The molecule has 1 fully saturated rings. The Balaban J connectivity index is 1.24. The number of nitrogens with zero attached hydrogens (tertiary/aromatic N) is 3. The molecule has 0 radical (unpaired) electrons. The zero-order valence-corrected chi connectivity index (χ0v) is 17.3. The molecule has 2 aliphatic heterocycles. The van der Waals surface area contributed by atoms with Gasteiger partial charge in [0.25, 0.3) is 5.91 Å². The van der Waals surface area contributed by atoms with Crippen LogP contribution in [0, 0.1) is 5.92 Å². The van der Waals surface area contributed by atoms with Gasteiger partial charge in [0.15, 0.2) is 0 Å². The second kappa shape index (κ2) is 10.1. The third-order valence-corrected chi connectivity index (χ3v) is 5.97. The number of hydrogen-bond acceptors (Lipinski definition) is 6. The van der Waals surface area contributed by atoms with Gasteiger partial charge in [0.2, 0.25) is 0 Å². The summed E-state index contributed by atoms with van der Waals surface area (Å²) in [6.07, 6.45) is 4.71. The first-order chi connectivity index (χ1) is 14.7. The van der Waals surface area contributed by atoms with Crippen LogP contribution in [0.3, 0.4) is 0 Å². The van der Waals surface area contributed by atoms with E-state index in [0.29, 0.717) is 18.2 Å². The third-order valence-electron chi connectivity index (χ3n) is 5.97. The van der Waals surface area contributed by atoms with Crippen molar-refractivity contribution in [3.05, 3.63) is 59.2 Å². The number of aromatic nitrogens is 2. The van der Waals surface area contributed by atoms with Crippen LogP contribution < -0.4 is 5.32 Å². The molecule has 1 aromatic heterocycles. The zero-order valence-electron chi connectivity index (χ0n) is 17.3. The van der Waals surface area contributed by atoms with Gasteiger partial charge in [-0.2, -0.15) is 0 Å². The lowest BCUT2D eigenvalue weighted by molar-refractivity contribution is 0.0662. The number of benzene rings is 1. The van der Waals surface area contributed by atoms with Gasteiger partial charge >= 0.3 is 0 Å². The molecule has 2 aliphatic rings. The summed E-state index contributed by atoms with van der Waals surface area (Å²) in [5.41, 5.74) is 3.94. The Morgan fingerprint density at radius 1 is 1.23 bits per heavy atom. The predicted octanol–water partition coefficient (Wildman–Crippen LogP) is 1.59. The Morgan fingerprint density at radius 3 is 2.87 bits per heavy atom. The Kier molecular flexibility index (Phi) is 7.04. The van der Waals surface area contributed by atoms with Crippen LogP contribution in [0.5, 0.6) is 0 Å². The number of fused-ring (bicyclic) bond motifs is 1. The molecule has 3 heterocycles. The van der Waals surface area contributed by atoms with E-state index in [1.54, 1.807) is 6.07 Å². The van der Waals surface area contributed by atoms with Crippen molar-refractivity contribution in [3.63, 3.8) is 0 Å². The van der Waals surface area contributed by atoms with Gasteiger partial charge in [-0.05, 0) is 48.8 Å². The minimum atomic E-state index is -0.622. The highest BCUT2D eigenvalue weighted by molar-refractivity contribution is 5.92. The fourth-order valence-corrected chi connectivity index (χ4v) is 4.25. The summed E-state index contributed by atoms with van der Waals surface area (Å²) in [6.45, 7) is 4.09. The minimum absolute atomic E-state index is 0.205. The molecule has 160 valence electrons. The second-order valence-corrected chi connectivity index (χ2v) is 8.27. The van der Waals surface area contributed by atoms with Crippen molar-refractivity contribution in [2.45, 2.75) is 38.3 Å². The summed E-state index contributed by atoms with van der Waals surface area (Å²) < 4.78 is 5.40. The molecule has 1 saturated heterocycles. The van der Waals surface area contributed by atoms with Crippen molar-refractivity contribution in [3.8, 4) is 0 Å². The Hall–Kier alpha value is -2.35. The van der Waals surface area contributed by atoms with Crippen molar-refractivity contribution < 1.29 is 14.6 Å². The average Bonchev–Trinajstić information content (AvgIpc) is 2.78. The molecule has 1 atom stereocenters. The molecule has 30 heavy (non-hydrogen) atoms. The van der Waals surface area contributed by atoms with Gasteiger partial charge in [0.05, 0.1) is 6.10 Å². The molecule has 1 aromatic carbocycles. The first-order valence-electron chi connectivity index (χ1n) is 10.8. The molecule has 2 N–H and O–H groups in total. The van der Waals surface area contributed by atoms with Crippen LogP contribution in [0.15, 0.2) is 36.7 Å². The van der Waals surface area contributed by atoms with Crippen molar-refractivity contribution in [1.29, 1.82) is 0 Å². The molecule has 7 heteroatoms. The van der Waals surface area contributed by atoms with Crippen molar-refractivity contribution in [1.82, 2.24) is 20.2 Å². The lowest BCUT2D eigenvalue weighted by atomic mass is 9.94. The largest absolute Gasteiger partial charge is 0.390 e. The minimum Gasteiger partial charge on any atom is -0.390 e. The molecule has 0 bridgehead atoms. The van der Waals surface area contributed by atoms with Gasteiger partial charge in [-0.15, -0.1) is 0 Å². The maximum atomic E-state index is 12.5. The monoisotopic (exact) mass is 410 g/mol. The van der Waals surface area contributed by atoms with E-state index in [0.717, 1.165) is 57.7 Å². The third kappa shape index (κ3) is 5.62. The number of rotatable bonds is 7. The van der Waals surface area contributed by atoms with E-state index < -0.39 is 6.10 Å². The molecular weight excluding hydrogens is 380 g/mol. The van der Waals surface area contributed by atoms with E-state index in [9.17, 15) is 9.90 Å². The predicted molar refractivity (Wildman–Crippen MR) is 113 cm³/mol. The van der Waals surface area contributed by atoms with Crippen molar-refractivity contribution >= 4 is 5.91 Å². The number of carbonyl (C=O) groups is 1. The first-order valence-corrected chi connectivity index (χ1v) is 10.8. The van der Waals surface area contributed by atoms with Crippen molar-refractivity contribution in [2.24, 2.45) is 5.92 Å². The summed E-state index contributed by atoms with van der Waals surface area (Å²) in [7, 11) is 0. The zero-order chi connectivity index (χ0) is 20.8. The van der Waals surface area contributed by atoms with Crippen LogP contribution in [-0.4, -0.2) is 64.8 Å². The molecule has 0 saturated carbocycles. The lowest BCUT2D eigenvalue weighted by Crippen LogP contribution is -2.42. The van der Waals surface area contributed by atoms with Gasteiger partial charge in [-0.3, -0.25) is 9.69 Å². The van der Waals surface area contributed by atoms with Gasteiger partial charge < -0.3 is 15.2 Å². The number of carbonyl (C=O) groups excluding carboxylic acids is 1. The average molecular weight is 411 g/mol. The van der Waals surface area contributed by atoms with E-state index in [2.05, 4.69) is 44.5 Å². The highest BCUT2D eigenvalue weighted by atomic mass is 16.5. The smallest absolute Gasteiger partial charge is 0.270 e. The number of aliphatic hydroxyl groups excluding tert-OH is 1. The molecule has 2 aromatic rings. The fraction of sp³-hybridized carbons (Fsp3) is 0.522. The van der Waals surface area contributed by atoms with Gasteiger partial charge in [-0.25, -0.2) is 9.97 Å². The summed E-state index contributed by atoms with van der Waals surface area (Å²) in [5, 5.41) is 13.2. The summed E-state index contributed by atoms with van der Waals surface area (Å²) in [4.78, 5) is 23.2. The van der Waals surface area contributed by atoms with E-state index in [4.69, 9.17) is 4.74 Å². The van der Waals surface area contributed by atoms with E-state index in [-0.39, 0.29) is 12.5 Å². The summed E-state index contributed by atoms with van der Waals surface area (Å²) >= 11 is 0. The quantitative estimate of drug-likeness (QED) is 0.721. The SMILES string of the molecule is O=C(NC[C@H](O)CN1CCc2ccccc2C1)c1cc(CC2CCOCC2)ncn1. The van der Waals surface area contributed by atoms with Crippen LogP contribution >= 0.6 is 0 Å². The van der Waals surface area contributed by atoms with E-state index >= 15 is 0 Å². The molecule has 7 nitrogen and oxygen atoms in total. The number of nitrogens with one attached hydrogen (secondary N) is 1. The second-order valence-electron chi connectivity index (χ2n) is 8.27. The standard InChI is InChI=1S/C23H30N4O3/c28-21(15-27-8-5-18-3-1-2-4-19(18)14-27)13-24-23(29)22-12-20(25-16-26-22)11-17-6-9-30-10-7-17/h1-4,12,16-17,21,28H,5-11,13-15H2,(H,24,29)/t21-/m0/s1. The molecule has 0 unspecified atom stereocenters. The van der Waals surface area contributed by atoms with Gasteiger partial charge in [0.1, 0.15) is 12.0 Å². The van der Waals surface area contributed by atoms with Crippen LogP contribution in [0.1, 0.15) is 40.2 Å². The van der Waals surface area contributed by atoms with Crippen LogP contribution in [-0.2, 0) is 24.1 Å². The molecule has 0 aliphatic carbocycles. The molecule has 4 rings (SSSR count). The van der Waals surface area contributed by atoms with Gasteiger partial charge in [0, 0.05) is 45.1 Å². The molecule has 0 spiro atoms. The van der Waals surface area contributed by atoms with E-state index in [1.807, 2.05) is 0 Å². The summed E-state index contributed by atoms with van der Waals surface area (Å²) in [5.74, 6) is 0.273. The number of β-amino-alcohol motifs (C(OH)–C–C–N with tert-alkyl or cyclic N) is 1.